The highest BCUT2D eigenvalue weighted by Gasteiger charge is 2.63. The molecule has 104 valence electrons. The predicted molar refractivity (Wildman–Crippen MR) is 63.9 cm³/mol. The summed E-state index contributed by atoms with van der Waals surface area (Å²) in [5, 5.41) is 9.77. The van der Waals surface area contributed by atoms with Gasteiger partial charge in [0.05, 0.1) is 37.9 Å². The Morgan fingerprint density at radius 3 is 2.11 bits per heavy atom. The summed E-state index contributed by atoms with van der Waals surface area (Å²) in [6, 6.07) is 2.56. The largest absolute Gasteiger partial charge is 0.347 e. The lowest BCUT2D eigenvalue weighted by atomic mass is 9.67. The van der Waals surface area contributed by atoms with Gasteiger partial charge in [-0.15, -0.1) is 0 Å². The molecule has 2 atom stereocenters. The van der Waals surface area contributed by atoms with Gasteiger partial charge in [0.15, 0.2) is 11.6 Å². The zero-order chi connectivity index (χ0) is 13.0. The maximum absolute atomic E-state index is 9.77. The highest BCUT2D eigenvalue weighted by molar-refractivity contribution is 5.16. The summed E-state index contributed by atoms with van der Waals surface area (Å²) in [7, 11) is 0. The lowest BCUT2D eigenvalue weighted by Crippen LogP contribution is -2.44. The first-order valence-corrected chi connectivity index (χ1v) is 7.17. The molecule has 5 heteroatoms. The molecule has 2 aliphatic heterocycles. The highest BCUT2D eigenvalue weighted by Crippen LogP contribution is 2.61. The third kappa shape index (κ3) is 1.67. The average Bonchev–Trinajstić information content (AvgIpc) is 3.11. The van der Waals surface area contributed by atoms with Gasteiger partial charge in [-0.2, -0.15) is 5.26 Å². The van der Waals surface area contributed by atoms with E-state index in [1.165, 1.54) is 0 Å². The minimum atomic E-state index is -0.517. The maximum atomic E-state index is 9.77. The third-order valence-electron chi connectivity index (χ3n) is 5.23. The third-order valence-corrected chi connectivity index (χ3v) is 5.23. The molecule has 2 spiro atoms. The smallest absolute Gasteiger partial charge is 0.170 e. The Morgan fingerprint density at radius 1 is 0.895 bits per heavy atom. The van der Waals surface area contributed by atoms with Gasteiger partial charge in [0, 0.05) is 25.7 Å². The van der Waals surface area contributed by atoms with Gasteiger partial charge >= 0.3 is 0 Å². The SMILES string of the molecule is N#C[C@]12CC3(CC[C@H]1CC1(C2)OCCO1)OCCO3. The molecule has 4 fully saturated rings. The van der Waals surface area contributed by atoms with E-state index in [2.05, 4.69) is 6.07 Å². The molecule has 4 aliphatic rings. The van der Waals surface area contributed by atoms with Crippen molar-refractivity contribution in [2.45, 2.75) is 43.7 Å². The highest BCUT2D eigenvalue weighted by atomic mass is 16.7. The lowest BCUT2D eigenvalue weighted by Gasteiger charge is -2.42. The van der Waals surface area contributed by atoms with Gasteiger partial charge in [-0.1, -0.05) is 0 Å². The van der Waals surface area contributed by atoms with E-state index in [9.17, 15) is 5.26 Å². The molecule has 0 aromatic heterocycles. The van der Waals surface area contributed by atoms with Crippen LogP contribution >= 0.6 is 0 Å². The quantitative estimate of drug-likeness (QED) is 0.665. The predicted octanol–water partition coefficient (Wildman–Crippen LogP) is 1.58. The van der Waals surface area contributed by atoms with Crippen LogP contribution < -0.4 is 0 Å². The van der Waals surface area contributed by atoms with E-state index in [1.54, 1.807) is 0 Å². The second-order valence-corrected chi connectivity index (χ2v) is 6.28. The van der Waals surface area contributed by atoms with Crippen LogP contribution in [0.3, 0.4) is 0 Å². The molecule has 0 amide bonds. The van der Waals surface area contributed by atoms with Gasteiger partial charge < -0.3 is 18.9 Å². The van der Waals surface area contributed by atoms with Crippen molar-refractivity contribution in [1.29, 1.82) is 5.26 Å². The van der Waals surface area contributed by atoms with Crippen LogP contribution in [0.4, 0.5) is 0 Å². The first kappa shape index (κ1) is 12.1. The molecule has 0 unspecified atom stereocenters. The number of ether oxygens (including phenoxy) is 4. The molecule has 19 heavy (non-hydrogen) atoms. The molecule has 0 bridgehead atoms. The van der Waals surface area contributed by atoms with Gasteiger partial charge in [-0.3, -0.25) is 0 Å². The zero-order valence-electron chi connectivity index (χ0n) is 11.0. The van der Waals surface area contributed by atoms with E-state index in [-0.39, 0.29) is 0 Å². The Labute approximate surface area is 112 Å². The van der Waals surface area contributed by atoms with Crippen LogP contribution in [0.1, 0.15) is 32.1 Å². The van der Waals surface area contributed by atoms with Crippen LogP contribution in [0.25, 0.3) is 0 Å². The Bertz CT molecular complexity index is 410. The molecule has 0 N–H and O–H groups in total. The minimum absolute atomic E-state index is 0.342. The summed E-state index contributed by atoms with van der Waals surface area (Å²) in [6.07, 6.45) is 4.02. The summed E-state index contributed by atoms with van der Waals surface area (Å²) in [4.78, 5) is 0. The van der Waals surface area contributed by atoms with Crippen molar-refractivity contribution < 1.29 is 18.9 Å². The number of nitrogens with zero attached hydrogens (tertiary/aromatic N) is 1. The number of rotatable bonds is 0. The number of fused-ring (bicyclic) bond motifs is 1. The van der Waals surface area contributed by atoms with E-state index in [1.807, 2.05) is 0 Å². The first-order chi connectivity index (χ1) is 9.20. The molecule has 0 radical (unpaired) electrons. The Hall–Kier alpha value is -0.670. The fraction of sp³-hybridized carbons (Fsp3) is 0.929. The van der Waals surface area contributed by atoms with Crippen molar-refractivity contribution in [3.8, 4) is 6.07 Å². The summed E-state index contributed by atoms with van der Waals surface area (Å²) in [6.45, 7) is 2.58. The van der Waals surface area contributed by atoms with Gasteiger partial charge in [0.2, 0.25) is 0 Å². The monoisotopic (exact) mass is 265 g/mol. The zero-order valence-corrected chi connectivity index (χ0v) is 11.0. The van der Waals surface area contributed by atoms with Crippen LogP contribution in [-0.2, 0) is 18.9 Å². The van der Waals surface area contributed by atoms with Crippen molar-refractivity contribution in [2.24, 2.45) is 11.3 Å². The standard InChI is InChI=1S/C14H19NO4/c15-10-12-8-13(16-3-4-17-13)2-1-11(12)7-14(9-12)18-5-6-19-14/h11H,1-9H2/t11-,12+/m0/s1. The van der Waals surface area contributed by atoms with Crippen molar-refractivity contribution in [1.82, 2.24) is 0 Å². The summed E-state index contributed by atoms with van der Waals surface area (Å²) >= 11 is 0. The van der Waals surface area contributed by atoms with Crippen LogP contribution in [0.2, 0.25) is 0 Å². The summed E-state index contributed by atoms with van der Waals surface area (Å²) in [5.41, 5.74) is -0.410. The normalized spacial score (nSPS) is 42.6. The Balaban J connectivity index is 1.64. The summed E-state index contributed by atoms with van der Waals surface area (Å²) in [5.74, 6) is -0.685. The van der Waals surface area contributed by atoms with Gasteiger partial charge in [0.1, 0.15) is 0 Å². The summed E-state index contributed by atoms with van der Waals surface area (Å²) < 4.78 is 23.3. The second-order valence-electron chi connectivity index (χ2n) is 6.28. The van der Waals surface area contributed by atoms with Crippen molar-refractivity contribution in [3.63, 3.8) is 0 Å². The molecule has 2 heterocycles. The van der Waals surface area contributed by atoms with Crippen LogP contribution in [0, 0.1) is 22.7 Å². The van der Waals surface area contributed by atoms with E-state index >= 15 is 0 Å². The number of hydrogen-bond donors (Lipinski definition) is 0. The topological polar surface area (TPSA) is 60.7 Å². The van der Waals surface area contributed by atoms with E-state index < -0.39 is 17.0 Å². The van der Waals surface area contributed by atoms with E-state index in [0.717, 1.165) is 19.3 Å². The molecule has 0 aromatic carbocycles. The Kier molecular flexibility index (Phi) is 2.50. The minimum Gasteiger partial charge on any atom is -0.347 e. The second kappa shape index (κ2) is 3.92. The molecule has 2 saturated carbocycles. The van der Waals surface area contributed by atoms with E-state index in [4.69, 9.17) is 18.9 Å². The molecule has 0 aromatic rings. The van der Waals surface area contributed by atoms with Crippen LogP contribution in [0.15, 0.2) is 0 Å². The first-order valence-electron chi connectivity index (χ1n) is 7.17. The number of nitriles is 1. The molecular weight excluding hydrogens is 246 g/mol. The maximum Gasteiger partial charge on any atom is 0.170 e. The molecule has 4 rings (SSSR count). The molecular formula is C14H19NO4. The fourth-order valence-electron chi connectivity index (χ4n) is 4.45. The molecule has 5 nitrogen and oxygen atoms in total. The molecule has 2 aliphatic carbocycles. The van der Waals surface area contributed by atoms with Gasteiger partial charge in [-0.25, -0.2) is 0 Å². The van der Waals surface area contributed by atoms with Crippen molar-refractivity contribution in [3.05, 3.63) is 0 Å². The van der Waals surface area contributed by atoms with Crippen LogP contribution in [-0.4, -0.2) is 38.0 Å². The van der Waals surface area contributed by atoms with E-state index in [0.29, 0.717) is 45.2 Å². The van der Waals surface area contributed by atoms with Crippen LogP contribution in [0.5, 0.6) is 0 Å². The Morgan fingerprint density at radius 2 is 1.47 bits per heavy atom. The van der Waals surface area contributed by atoms with Crippen molar-refractivity contribution in [2.75, 3.05) is 26.4 Å². The van der Waals surface area contributed by atoms with Crippen molar-refractivity contribution >= 4 is 0 Å². The molecule has 2 saturated heterocycles. The fourth-order valence-corrected chi connectivity index (χ4v) is 4.45. The number of hydrogen-bond acceptors (Lipinski definition) is 5. The lowest BCUT2D eigenvalue weighted by molar-refractivity contribution is -0.203. The van der Waals surface area contributed by atoms with Gasteiger partial charge in [0.25, 0.3) is 0 Å². The van der Waals surface area contributed by atoms with Gasteiger partial charge in [-0.05, 0) is 12.3 Å². The average molecular weight is 265 g/mol.